The highest BCUT2D eigenvalue weighted by molar-refractivity contribution is 9.10. The molecular formula is C18H18BrNO5. The number of carbonyl (C=O) groups is 3. The molecule has 0 unspecified atom stereocenters. The molecule has 6 nitrogen and oxygen atoms in total. The van der Waals surface area contributed by atoms with Gasteiger partial charge < -0.3 is 14.5 Å². The van der Waals surface area contributed by atoms with Crippen LogP contribution in [0.5, 0.6) is 5.75 Å². The first-order chi connectivity index (χ1) is 11.8. The molecule has 1 heterocycles. The first-order valence-electron chi connectivity index (χ1n) is 7.57. The van der Waals surface area contributed by atoms with Gasteiger partial charge in [-0.3, -0.25) is 9.59 Å². The Morgan fingerprint density at radius 2 is 1.72 bits per heavy atom. The summed E-state index contributed by atoms with van der Waals surface area (Å²) < 4.78 is 11.1. The van der Waals surface area contributed by atoms with E-state index in [4.69, 9.17) is 9.47 Å². The normalized spacial score (nSPS) is 10.4. The van der Waals surface area contributed by atoms with Crippen molar-refractivity contribution in [2.24, 2.45) is 0 Å². The maximum Gasteiger partial charge on any atom is 0.344 e. The number of aryl methyl sites for hydroxylation is 1. The summed E-state index contributed by atoms with van der Waals surface area (Å²) >= 11 is 3.30. The zero-order valence-electron chi connectivity index (χ0n) is 14.1. The number of aromatic nitrogens is 1. The van der Waals surface area contributed by atoms with E-state index in [9.17, 15) is 14.4 Å². The number of Topliss-reactive ketones (excluding diaryl/α,β-unsaturated/α-hetero) is 2. The largest absolute Gasteiger partial charge is 0.482 e. The van der Waals surface area contributed by atoms with Crippen LogP contribution >= 0.6 is 15.9 Å². The van der Waals surface area contributed by atoms with Crippen molar-refractivity contribution in [3.05, 3.63) is 51.3 Å². The number of rotatable bonds is 7. The average molecular weight is 408 g/mol. The van der Waals surface area contributed by atoms with Crippen molar-refractivity contribution in [3.8, 4) is 5.75 Å². The molecule has 0 aliphatic rings. The van der Waals surface area contributed by atoms with Crippen LogP contribution in [0.4, 0.5) is 0 Å². The molecule has 0 fully saturated rings. The molecule has 1 aromatic heterocycles. The van der Waals surface area contributed by atoms with Crippen molar-refractivity contribution in [3.63, 3.8) is 0 Å². The molecule has 2 aromatic rings. The Labute approximate surface area is 153 Å². The van der Waals surface area contributed by atoms with Crippen LogP contribution in [0.2, 0.25) is 0 Å². The van der Waals surface area contributed by atoms with Crippen LogP contribution in [0.25, 0.3) is 0 Å². The van der Waals surface area contributed by atoms with Crippen molar-refractivity contribution >= 4 is 33.5 Å². The van der Waals surface area contributed by atoms with E-state index in [0.717, 1.165) is 4.47 Å². The van der Waals surface area contributed by atoms with Gasteiger partial charge >= 0.3 is 5.97 Å². The average Bonchev–Trinajstić information content (AvgIpc) is 2.86. The van der Waals surface area contributed by atoms with E-state index in [1.54, 1.807) is 38.1 Å². The summed E-state index contributed by atoms with van der Waals surface area (Å²) in [5.41, 5.74) is 1.97. The topological polar surface area (TPSA) is 85.5 Å². The highest BCUT2D eigenvalue weighted by atomic mass is 79.9. The Hall–Kier alpha value is -2.41. The third-order valence-electron chi connectivity index (χ3n) is 3.60. The minimum atomic E-state index is -0.649. The minimum Gasteiger partial charge on any atom is -0.482 e. The second-order valence-corrected chi connectivity index (χ2v) is 6.42. The van der Waals surface area contributed by atoms with Crippen LogP contribution in [0.1, 0.15) is 39.0 Å². The van der Waals surface area contributed by atoms with Crippen LogP contribution < -0.4 is 4.74 Å². The first kappa shape index (κ1) is 18.9. The highest BCUT2D eigenvalue weighted by Crippen LogP contribution is 2.19. The molecule has 0 saturated carbocycles. The number of ketones is 2. The molecule has 132 valence electrons. The minimum absolute atomic E-state index is 0.120. The number of esters is 1. The smallest absolute Gasteiger partial charge is 0.344 e. The number of aromatic amines is 1. The van der Waals surface area contributed by atoms with Gasteiger partial charge in [0.1, 0.15) is 5.75 Å². The van der Waals surface area contributed by atoms with E-state index in [1.165, 1.54) is 6.92 Å². The molecule has 0 bridgehead atoms. The molecule has 2 rings (SSSR count). The zero-order valence-corrected chi connectivity index (χ0v) is 15.7. The Balaban J connectivity index is 1.89. The van der Waals surface area contributed by atoms with Crippen LogP contribution in [-0.4, -0.2) is 35.7 Å². The van der Waals surface area contributed by atoms with E-state index < -0.39 is 18.4 Å². The van der Waals surface area contributed by atoms with Crippen molar-refractivity contribution in [2.75, 3.05) is 13.2 Å². The van der Waals surface area contributed by atoms with Crippen LogP contribution in [0, 0.1) is 13.8 Å². The van der Waals surface area contributed by atoms with Crippen LogP contribution in [0.3, 0.4) is 0 Å². The monoisotopic (exact) mass is 407 g/mol. The predicted molar refractivity (Wildman–Crippen MR) is 95.2 cm³/mol. The second-order valence-electron chi connectivity index (χ2n) is 5.51. The summed E-state index contributed by atoms with van der Waals surface area (Å²) in [5.74, 6) is -0.646. The number of hydrogen-bond acceptors (Lipinski definition) is 5. The zero-order chi connectivity index (χ0) is 18.6. The predicted octanol–water partition coefficient (Wildman–Crippen LogP) is 3.40. The first-order valence-corrected chi connectivity index (χ1v) is 8.36. The number of H-pyrrole nitrogens is 1. The maximum absolute atomic E-state index is 12.2. The lowest BCUT2D eigenvalue weighted by Crippen LogP contribution is -2.20. The lowest BCUT2D eigenvalue weighted by molar-refractivity contribution is -0.144. The maximum atomic E-state index is 12.2. The van der Waals surface area contributed by atoms with Gasteiger partial charge in [-0.2, -0.15) is 0 Å². The Morgan fingerprint density at radius 1 is 1.08 bits per heavy atom. The van der Waals surface area contributed by atoms with E-state index in [0.29, 0.717) is 22.6 Å². The van der Waals surface area contributed by atoms with Gasteiger partial charge in [0.2, 0.25) is 5.78 Å². The highest BCUT2D eigenvalue weighted by Gasteiger charge is 2.20. The standard InChI is InChI=1S/C18H18BrNO5/c1-10-17(12(3)21)11(2)20-18(10)15(22)8-25-16(23)9-24-14-6-4-13(19)5-7-14/h4-7,20H,8-9H2,1-3H3. The van der Waals surface area contributed by atoms with E-state index in [2.05, 4.69) is 20.9 Å². The molecule has 1 aromatic carbocycles. The molecule has 0 spiro atoms. The number of halogens is 1. The molecular weight excluding hydrogens is 390 g/mol. The quantitative estimate of drug-likeness (QED) is 0.561. The molecule has 0 atom stereocenters. The third-order valence-corrected chi connectivity index (χ3v) is 4.13. The van der Waals surface area contributed by atoms with Gasteiger partial charge in [-0.05, 0) is 50.6 Å². The van der Waals surface area contributed by atoms with E-state index in [-0.39, 0.29) is 18.1 Å². The molecule has 25 heavy (non-hydrogen) atoms. The number of ether oxygens (including phenoxy) is 2. The Morgan fingerprint density at radius 3 is 2.28 bits per heavy atom. The fraction of sp³-hybridized carbons (Fsp3) is 0.278. The number of hydrogen-bond donors (Lipinski definition) is 1. The van der Waals surface area contributed by atoms with Gasteiger partial charge in [-0.15, -0.1) is 0 Å². The fourth-order valence-corrected chi connectivity index (χ4v) is 2.75. The summed E-state index contributed by atoms with van der Waals surface area (Å²) in [5, 5.41) is 0. The lowest BCUT2D eigenvalue weighted by Gasteiger charge is -2.07. The number of carbonyl (C=O) groups excluding carboxylic acids is 3. The van der Waals surface area contributed by atoms with Gasteiger partial charge in [0.05, 0.1) is 5.69 Å². The van der Waals surface area contributed by atoms with Gasteiger partial charge in [0, 0.05) is 15.7 Å². The molecule has 0 saturated heterocycles. The summed E-state index contributed by atoms with van der Waals surface area (Å²) in [4.78, 5) is 38.4. The van der Waals surface area contributed by atoms with Crippen molar-refractivity contribution in [1.29, 1.82) is 0 Å². The van der Waals surface area contributed by atoms with Gasteiger partial charge in [-0.25, -0.2) is 4.79 Å². The Bertz CT molecular complexity index is 808. The Kier molecular flexibility index (Phi) is 6.14. The van der Waals surface area contributed by atoms with Crippen molar-refractivity contribution < 1.29 is 23.9 Å². The van der Waals surface area contributed by atoms with E-state index >= 15 is 0 Å². The lowest BCUT2D eigenvalue weighted by atomic mass is 10.1. The van der Waals surface area contributed by atoms with Crippen molar-refractivity contribution in [2.45, 2.75) is 20.8 Å². The summed E-state index contributed by atoms with van der Waals surface area (Å²) in [6.07, 6.45) is 0. The molecule has 0 radical (unpaired) electrons. The summed E-state index contributed by atoms with van der Waals surface area (Å²) in [6.45, 7) is 4.14. The van der Waals surface area contributed by atoms with Crippen LogP contribution in [-0.2, 0) is 9.53 Å². The molecule has 0 aliphatic heterocycles. The molecule has 0 aliphatic carbocycles. The SMILES string of the molecule is CC(=O)c1c(C)[nH]c(C(=O)COC(=O)COc2ccc(Br)cc2)c1C. The van der Waals surface area contributed by atoms with Gasteiger partial charge in [-0.1, -0.05) is 15.9 Å². The van der Waals surface area contributed by atoms with Crippen LogP contribution in [0.15, 0.2) is 28.7 Å². The summed E-state index contributed by atoms with van der Waals surface area (Å²) in [6, 6.07) is 6.98. The van der Waals surface area contributed by atoms with E-state index in [1.807, 2.05) is 0 Å². The number of benzene rings is 1. The number of nitrogens with one attached hydrogen (secondary N) is 1. The van der Waals surface area contributed by atoms with Crippen molar-refractivity contribution in [1.82, 2.24) is 4.98 Å². The summed E-state index contributed by atoms with van der Waals surface area (Å²) in [7, 11) is 0. The third kappa shape index (κ3) is 4.79. The molecule has 0 amide bonds. The molecule has 1 N–H and O–H groups in total. The molecule has 7 heteroatoms. The van der Waals surface area contributed by atoms with Gasteiger partial charge in [0.15, 0.2) is 19.0 Å². The fourth-order valence-electron chi connectivity index (χ4n) is 2.49. The second kappa shape index (κ2) is 8.11. The van der Waals surface area contributed by atoms with Gasteiger partial charge in [0.25, 0.3) is 0 Å².